The van der Waals surface area contributed by atoms with E-state index in [0.29, 0.717) is 27.5 Å². The summed E-state index contributed by atoms with van der Waals surface area (Å²) in [6.45, 7) is 2.32. The minimum atomic E-state index is -0.371. The number of aromatic nitrogens is 3. The van der Waals surface area contributed by atoms with Crippen LogP contribution in [0.4, 0.5) is 5.69 Å². The zero-order valence-corrected chi connectivity index (χ0v) is 15.6. The largest absolute Gasteiger partial charge is 0.491 e. The first-order chi connectivity index (χ1) is 12.1. The van der Waals surface area contributed by atoms with Crippen LogP contribution in [0.2, 0.25) is 5.02 Å². The highest BCUT2D eigenvalue weighted by Crippen LogP contribution is 2.36. The van der Waals surface area contributed by atoms with Crippen LogP contribution in [-0.4, -0.2) is 27.3 Å². The van der Waals surface area contributed by atoms with E-state index in [-0.39, 0.29) is 11.6 Å². The van der Waals surface area contributed by atoms with Crippen molar-refractivity contribution in [3.05, 3.63) is 64.1 Å². The Kier molecular flexibility index (Phi) is 5.35. The standard InChI is InChI=1S/C17H14BrClN4O2/c1-2-25-16-13(18)8-11(19)9-14(16)22-17(24)15-10-12(4-6-20-15)23-7-3-5-21-23/h3-10H,2H2,1H3,(H,22,24). The van der Waals surface area contributed by atoms with E-state index in [1.165, 1.54) is 0 Å². The second-order valence-electron chi connectivity index (χ2n) is 5.00. The fourth-order valence-corrected chi connectivity index (χ4v) is 3.16. The third-order valence-electron chi connectivity index (χ3n) is 3.29. The quantitative estimate of drug-likeness (QED) is 0.665. The molecule has 1 aromatic carbocycles. The predicted octanol–water partition coefficient (Wildman–Crippen LogP) is 4.33. The molecule has 2 aromatic heterocycles. The van der Waals surface area contributed by atoms with Crippen molar-refractivity contribution < 1.29 is 9.53 Å². The summed E-state index contributed by atoms with van der Waals surface area (Å²) in [4.78, 5) is 16.7. The number of rotatable bonds is 5. The minimum absolute atomic E-state index is 0.256. The first-order valence-corrected chi connectivity index (χ1v) is 8.65. The van der Waals surface area contributed by atoms with Gasteiger partial charge in [-0.2, -0.15) is 5.10 Å². The number of amides is 1. The van der Waals surface area contributed by atoms with Gasteiger partial charge in [0, 0.05) is 23.6 Å². The molecule has 3 rings (SSSR count). The number of nitrogens with zero attached hydrogens (tertiary/aromatic N) is 3. The molecule has 128 valence electrons. The number of ether oxygens (including phenoxy) is 1. The fourth-order valence-electron chi connectivity index (χ4n) is 2.24. The number of anilines is 1. The van der Waals surface area contributed by atoms with Crippen LogP contribution in [0.3, 0.4) is 0 Å². The molecule has 1 amide bonds. The Bertz CT molecular complexity index is 900. The minimum Gasteiger partial charge on any atom is -0.491 e. The first-order valence-electron chi connectivity index (χ1n) is 7.47. The van der Waals surface area contributed by atoms with Crippen molar-refractivity contribution in [1.82, 2.24) is 14.8 Å². The summed E-state index contributed by atoms with van der Waals surface area (Å²) in [7, 11) is 0. The monoisotopic (exact) mass is 420 g/mol. The molecule has 0 fully saturated rings. The molecule has 0 saturated heterocycles. The first kappa shape index (κ1) is 17.4. The third kappa shape index (κ3) is 4.00. The average Bonchev–Trinajstić information content (AvgIpc) is 3.12. The van der Waals surface area contributed by atoms with E-state index < -0.39 is 0 Å². The van der Waals surface area contributed by atoms with Crippen molar-refractivity contribution in [2.24, 2.45) is 0 Å². The van der Waals surface area contributed by atoms with Crippen molar-refractivity contribution in [2.75, 3.05) is 11.9 Å². The SMILES string of the molecule is CCOc1c(Br)cc(Cl)cc1NC(=O)c1cc(-n2cccn2)ccn1. The average molecular weight is 422 g/mol. The topological polar surface area (TPSA) is 69.0 Å². The number of carbonyl (C=O) groups excluding carboxylic acids is 1. The van der Waals surface area contributed by atoms with Gasteiger partial charge in [0.2, 0.25) is 0 Å². The molecule has 0 aliphatic carbocycles. The highest BCUT2D eigenvalue weighted by Gasteiger charge is 2.15. The number of carbonyl (C=O) groups is 1. The fraction of sp³-hybridized carbons (Fsp3) is 0.118. The molecule has 6 nitrogen and oxygen atoms in total. The van der Waals surface area contributed by atoms with E-state index in [1.54, 1.807) is 53.6 Å². The van der Waals surface area contributed by atoms with Gasteiger partial charge in [-0.25, -0.2) is 4.68 Å². The highest BCUT2D eigenvalue weighted by molar-refractivity contribution is 9.10. The maximum atomic E-state index is 12.6. The summed E-state index contributed by atoms with van der Waals surface area (Å²) in [5.41, 5.74) is 1.46. The number of pyridine rings is 1. The summed E-state index contributed by atoms with van der Waals surface area (Å²) in [5, 5.41) is 7.42. The summed E-state index contributed by atoms with van der Waals surface area (Å²) in [6.07, 6.45) is 5.01. The Morgan fingerprint density at radius 1 is 1.36 bits per heavy atom. The van der Waals surface area contributed by atoms with Crippen molar-refractivity contribution in [3.8, 4) is 11.4 Å². The van der Waals surface area contributed by atoms with Crippen LogP contribution < -0.4 is 10.1 Å². The van der Waals surface area contributed by atoms with E-state index in [2.05, 4.69) is 31.3 Å². The molecule has 2 heterocycles. The van der Waals surface area contributed by atoms with Crippen LogP contribution in [0.15, 0.2) is 53.4 Å². The lowest BCUT2D eigenvalue weighted by atomic mass is 10.2. The van der Waals surface area contributed by atoms with Gasteiger partial charge in [0.1, 0.15) is 5.69 Å². The molecular formula is C17H14BrClN4O2. The van der Waals surface area contributed by atoms with Crippen LogP contribution in [-0.2, 0) is 0 Å². The van der Waals surface area contributed by atoms with Gasteiger partial charge < -0.3 is 10.1 Å². The maximum Gasteiger partial charge on any atom is 0.274 e. The van der Waals surface area contributed by atoms with Gasteiger partial charge in [-0.15, -0.1) is 0 Å². The van der Waals surface area contributed by atoms with E-state index in [0.717, 1.165) is 5.69 Å². The molecule has 8 heteroatoms. The Morgan fingerprint density at radius 2 is 2.20 bits per heavy atom. The highest BCUT2D eigenvalue weighted by atomic mass is 79.9. The molecule has 1 N–H and O–H groups in total. The second-order valence-corrected chi connectivity index (χ2v) is 6.29. The predicted molar refractivity (Wildman–Crippen MR) is 99.6 cm³/mol. The molecule has 3 aromatic rings. The Labute approximate surface area is 157 Å². The van der Waals surface area contributed by atoms with Crippen LogP contribution >= 0.6 is 27.5 Å². The van der Waals surface area contributed by atoms with Crippen molar-refractivity contribution in [1.29, 1.82) is 0 Å². The van der Waals surface area contributed by atoms with Crippen molar-refractivity contribution in [3.63, 3.8) is 0 Å². The van der Waals surface area contributed by atoms with Gasteiger partial charge in [-0.1, -0.05) is 11.6 Å². The van der Waals surface area contributed by atoms with E-state index in [1.807, 2.05) is 6.92 Å². The van der Waals surface area contributed by atoms with E-state index >= 15 is 0 Å². The normalized spacial score (nSPS) is 10.5. The zero-order valence-electron chi connectivity index (χ0n) is 13.2. The molecule has 25 heavy (non-hydrogen) atoms. The Hall–Kier alpha value is -2.38. The van der Waals surface area contributed by atoms with Gasteiger partial charge >= 0.3 is 0 Å². The maximum absolute atomic E-state index is 12.6. The molecule has 0 saturated carbocycles. The van der Waals surface area contributed by atoms with Crippen molar-refractivity contribution in [2.45, 2.75) is 6.92 Å². The molecule has 0 atom stereocenters. The van der Waals surface area contributed by atoms with Crippen molar-refractivity contribution >= 4 is 39.1 Å². The number of nitrogens with one attached hydrogen (secondary N) is 1. The summed E-state index contributed by atoms with van der Waals surface area (Å²) in [6, 6.07) is 8.57. The van der Waals surface area contributed by atoms with Crippen LogP contribution in [0.1, 0.15) is 17.4 Å². The summed E-state index contributed by atoms with van der Waals surface area (Å²) < 4.78 is 7.90. The molecule has 0 aliphatic heterocycles. The van der Waals surface area contributed by atoms with Crippen LogP contribution in [0.5, 0.6) is 5.75 Å². The lowest BCUT2D eigenvalue weighted by Crippen LogP contribution is -2.15. The van der Waals surface area contributed by atoms with E-state index in [9.17, 15) is 4.79 Å². The zero-order chi connectivity index (χ0) is 17.8. The molecular weight excluding hydrogens is 408 g/mol. The molecule has 0 bridgehead atoms. The van der Waals surface area contributed by atoms with Gasteiger partial charge in [0.15, 0.2) is 5.75 Å². The molecule has 0 aliphatic rings. The molecule has 0 radical (unpaired) electrons. The van der Waals surface area contributed by atoms with E-state index in [4.69, 9.17) is 16.3 Å². The summed E-state index contributed by atoms with van der Waals surface area (Å²) in [5.74, 6) is 0.146. The Balaban J connectivity index is 1.89. The van der Waals surface area contributed by atoms with Gasteiger partial charge in [0.05, 0.1) is 22.5 Å². The summed E-state index contributed by atoms with van der Waals surface area (Å²) >= 11 is 9.48. The van der Waals surface area contributed by atoms with Gasteiger partial charge in [0.25, 0.3) is 5.91 Å². The Morgan fingerprint density at radius 3 is 2.92 bits per heavy atom. The molecule has 0 unspecified atom stereocenters. The number of halogens is 2. The smallest absolute Gasteiger partial charge is 0.274 e. The lowest BCUT2D eigenvalue weighted by molar-refractivity contribution is 0.102. The van der Waals surface area contributed by atoms with Gasteiger partial charge in [-0.3, -0.25) is 9.78 Å². The van der Waals surface area contributed by atoms with Crippen LogP contribution in [0.25, 0.3) is 5.69 Å². The molecule has 0 spiro atoms. The number of benzene rings is 1. The number of hydrogen-bond donors (Lipinski definition) is 1. The second kappa shape index (κ2) is 7.67. The lowest BCUT2D eigenvalue weighted by Gasteiger charge is -2.14. The van der Waals surface area contributed by atoms with Gasteiger partial charge in [-0.05, 0) is 53.2 Å². The number of hydrogen-bond acceptors (Lipinski definition) is 4. The van der Waals surface area contributed by atoms with Crippen LogP contribution in [0, 0.1) is 0 Å². The third-order valence-corrected chi connectivity index (χ3v) is 4.10.